The SMILES string of the molecule is Cc1ccc(Br)cc1C1CN(C(C)(C)C#N)C(=O)N1. The standard InChI is InChI=1S/C14H16BrN3O/c1-9-4-5-10(15)6-11(9)12-7-18(13(19)17-12)14(2,3)8-16/h4-6,12H,7H2,1-3H3,(H,17,19). The number of carbonyl (C=O) groups excluding carboxylic acids is 1. The van der Waals surface area contributed by atoms with Gasteiger partial charge in [-0.1, -0.05) is 22.0 Å². The largest absolute Gasteiger partial charge is 0.329 e. The van der Waals surface area contributed by atoms with Crippen molar-refractivity contribution in [3.05, 3.63) is 33.8 Å². The molecule has 0 aliphatic carbocycles. The summed E-state index contributed by atoms with van der Waals surface area (Å²) in [5.74, 6) is 0. The van der Waals surface area contributed by atoms with E-state index < -0.39 is 5.54 Å². The minimum absolute atomic E-state index is 0.0716. The molecule has 100 valence electrons. The van der Waals surface area contributed by atoms with Crippen LogP contribution in [0, 0.1) is 18.3 Å². The van der Waals surface area contributed by atoms with Crippen LogP contribution in [0.1, 0.15) is 31.0 Å². The minimum atomic E-state index is -0.793. The first-order chi connectivity index (χ1) is 8.85. The Kier molecular flexibility index (Phi) is 3.55. The van der Waals surface area contributed by atoms with Gasteiger partial charge in [-0.05, 0) is 44.0 Å². The topological polar surface area (TPSA) is 56.1 Å². The number of halogens is 1. The highest BCUT2D eigenvalue weighted by Gasteiger charge is 2.39. The van der Waals surface area contributed by atoms with Crippen molar-refractivity contribution in [2.24, 2.45) is 0 Å². The van der Waals surface area contributed by atoms with Crippen LogP contribution in [0.5, 0.6) is 0 Å². The van der Waals surface area contributed by atoms with Gasteiger partial charge in [0.15, 0.2) is 0 Å². The van der Waals surface area contributed by atoms with Crippen LogP contribution in [0.15, 0.2) is 22.7 Å². The molecule has 1 fully saturated rings. The average Bonchev–Trinajstić information content (AvgIpc) is 2.75. The predicted molar refractivity (Wildman–Crippen MR) is 76.5 cm³/mol. The normalized spacial score (nSPS) is 19.2. The maximum atomic E-state index is 12.0. The summed E-state index contributed by atoms with van der Waals surface area (Å²) in [7, 11) is 0. The second-order valence-electron chi connectivity index (χ2n) is 5.28. The van der Waals surface area contributed by atoms with Crippen LogP contribution in [-0.4, -0.2) is 23.0 Å². The lowest BCUT2D eigenvalue weighted by Gasteiger charge is -2.27. The molecule has 5 heteroatoms. The van der Waals surface area contributed by atoms with Crippen molar-refractivity contribution in [1.29, 1.82) is 5.26 Å². The van der Waals surface area contributed by atoms with Crippen LogP contribution in [0.4, 0.5) is 4.79 Å². The van der Waals surface area contributed by atoms with E-state index in [1.54, 1.807) is 18.7 Å². The van der Waals surface area contributed by atoms with Crippen LogP contribution >= 0.6 is 15.9 Å². The van der Waals surface area contributed by atoms with E-state index in [0.29, 0.717) is 6.54 Å². The van der Waals surface area contributed by atoms with Crippen LogP contribution < -0.4 is 5.32 Å². The third kappa shape index (κ3) is 2.59. The molecule has 2 rings (SSSR count). The lowest BCUT2D eigenvalue weighted by Crippen LogP contribution is -2.44. The van der Waals surface area contributed by atoms with Crippen LogP contribution in [0.3, 0.4) is 0 Å². The quantitative estimate of drug-likeness (QED) is 0.909. The number of aryl methyl sites for hydroxylation is 1. The first kappa shape index (κ1) is 13.9. The van der Waals surface area contributed by atoms with E-state index in [0.717, 1.165) is 15.6 Å². The zero-order chi connectivity index (χ0) is 14.2. The molecule has 1 saturated heterocycles. The molecule has 0 bridgehead atoms. The van der Waals surface area contributed by atoms with Crippen molar-refractivity contribution in [3.8, 4) is 6.07 Å². The van der Waals surface area contributed by atoms with Gasteiger partial charge in [-0.3, -0.25) is 0 Å². The molecular formula is C14H16BrN3O. The molecule has 0 saturated carbocycles. The fourth-order valence-corrected chi connectivity index (χ4v) is 2.62. The van der Waals surface area contributed by atoms with Gasteiger partial charge in [-0.15, -0.1) is 0 Å². The first-order valence-electron chi connectivity index (χ1n) is 6.10. The van der Waals surface area contributed by atoms with E-state index in [-0.39, 0.29) is 12.1 Å². The molecule has 1 unspecified atom stereocenters. The minimum Gasteiger partial charge on any atom is -0.329 e. The number of rotatable bonds is 2. The highest BCUT2D eigenvalue weighted by molar-refractivity contribution is 9.10. The first-order valence-corrected chi connectivity index (χ1v) is 6.90. The monoisotopic (exact) mass is 321 g/mol. The van der Waals surface area contributed by atoms with E-state index in [9.17, 15) is 4.79 Å². The number of hydrogen-bond donors (Lipinski definition) is 1. The summed E-state index contributed by atoms with van der Waals surface area (Å²) in [6, 6.07) is 7.92. The predicted octanol–water partition coefficient (Wildman–Crippen LogP) is 3.13. The lowest BCUT2D eigenvalue weighted by molar-refractivity contribution is 0.186. The highest BCUT2D eigenvalue weighted by Crippen LogP contribution is 2.29. The maximum Gasteiger partial charge on any atom is 0.319 e. The molecule has 1 aromatic rings. The molecule has 1 aromatic carbocycles. The van der Waals surface area contributed by atoms with Crippen molar-refractivity contribution in [2.45, 2.75) is 32.4 Å². The molecule has 2 amide bonds. The highest BCUT2D eigenvalue weighted by atomic mass is 79.9. The Morgan fingerprint density at radius 2 is 2.21 bits per heavy atom. The number of carbonyl (C=O) groups is 1. The molecule has 0 aromatic heterocycles. The molecule has 4 nitrogen and oxygen atoms in total. The molecular weight excluding hydrogens is 306 g/mol. The van der Waals surface area contributed by atoms with E-state index in [4.69, 9.17) is 5.26 Å². The summed E-state index contributed by atoms with van der Waals surface area (Å²) < 4.78 is 0.986. The average molecular weight is 322 g/mol. The number of benzene rings is 1. The van der Waals surface area contributed by atoms with E-state index in [1.165, 1.54) is 0 Å². The van der Waals surface area contributed by atoms with E-state index in [2.05, 4.69) is 27.3 Å². The van der Waals surface area contributed by atoms with Gasteiger partial charge in [0, 0.05) is 11.0 Å². The number of urea groups is 1. The van der Waals surface area contributed by atoms with Crippen molar-refractivity contribution < 1.29 is 4.79 Å². The van der Waals surface area contributed by atoms with Crippen molar-refractivity contribution in [1.82, 2.24) is 10.2 Å². The van der Waals surface area contributed by atoms with Gasteiger partial charge in [0.2, 0.25) is 0 Å². The Labute approximate surface area is 121 Å². The molecule has 1 atom stereocenters. The zero-order valence-electron chi connectivity index (χ0n) is 11.2. The van der Waals surface area contributed by atoms with Crippen molar-refractivity contribution in [2.75, 3.05) is 6.54 Å². The smallest absolute Gasteiger partial charge is 0.319 e. The van der Waals surface area contributed by atoms with Gasteiger partial charge >= 0.3 is 6.03 Å². The van der Waals surface area contributed by atoms with Crippen LogP contribution in [-0.2, 0) is 0 Å². The molecule has 1 heterocycles. The second kappa shape index (κ2) is 4.86. The Morgan fingerprint density at radius 1 is 1.53 bits per heavy atom. The fraction of sp³-hybridized carbons (Fsp3) is 0.429. The van der Waals surface area contributed by atoms with Crippen molar-refractivity contribution in [3.63, 3.8) is 0 Å². The van der Waals surface area contributed by atoms with Crippen LogP contribution in [0.25, 0.3) is 0 Å². The number of amides is 2. The number of nitriles is 1. The van der Waals surface area contributed by atoms with E-state index >= 15 is 0 Å². The second-order valence-corrected chi connectivity index (χ2v) is 6.20. The maximum absolute atomic E-state index is 12.0. The van der Waals surface area contributed by atoms with Gasteiger partial charge in [-0.2, -0.15) is 5.26 Å². The molecule has 0 radical (unpaired) electrons. The van der Waals surface area contributed by atoms with Gasteiger partial charge in [-0.25, -0.2) is 4.79 Å². The van der Waals surface area contributed by atoms with Crippen LogP contribution in [0.2, 0.25) is 0 Å². The van der Waals surface area contributed by atoms with E-state index in [1.807, 2.05) is 25.1 Å². The summed E-state index contributed by atoms with van der Waals surface area (Å²) in [5, 5.41) is 12.1. The number of nitrogens with one attached hydrogen (secondary N) is 1. The van der Waals surface area contributed by atoms with Crippen molar-refractivity contribution >= 4 is 22.0 Å². The number of hydrogen-bond acceptors (Lipinski definition) is 2. The third-order valence-electron chi connectivity index (χ3n) is 3.47. The summed E-state index contributed by atoms with van der Waals surface area (Å²) in [6.07, 6.45) is 0. The molecule has 19 heavy (non-hydrogen) atoms. The summed E-state index contributed by atoms with van der Waals surface area (Å²) in [5.41, 5.74) is 1.42. The summed E-state index contributed by atoms with van der Waals surface area (Å²) >= 11 is 3.45. The van der Waals surface area contributed by atoms with Gasteiger partial charge < -0.3 is 10.2 Å². The Balaban J connectivity index is 2.29. The fourth-order valence-electron chi connectivity index (χ4n) is 2.24. The molecule has 1 N–H and O–H groups in total. The molecule has 1 aliphatic heterocycles. The lowest BCUT2D eigenvalue weighted by atomic mass is 10.0. The molecule has 1 aliphatic rings. The Bertz CT molecular complexity index is 562. The summed E-state index contributed by atoms with van der Waals surface area (Å²) in [4.78, 5) is 13.6. The van der Waals surface area contributed by atoms with Gasteiger partial charge in [0.25, 0.3) is 0 Å². The zero-order valence-corrected chi connectivity index (χ0v) is 12.8. The van der Waals surface area contributed by atoms with Gasteiger partial charge in [0.1, 0.15) is 5.54 Å². The van der Waals surface area contributed by atoms with Gasteiger partial charge in [0.05, 0.1) is 12.1 Å². The Hall–Kier alpha value is -1.54. The Morgan fingerprint density at radius 3 is 2.84 bits per heavy atom. The summed E-state index contributed by atoms with van der Waals surface area (Å²) in [6.45, 7) is 6.04. The third-order valence-corrected chi connectivity index (χ3v) is 3.97. The number of nitrogens with zero attached hydrogens (tertiary/aromatic N) is 2. The molecule has 0 spiro atoms.